The summed E-state index contributed by atoms with van der Waals surface area (Å²) in [5, 5.41) is 0. The summed E-state index contributed by atoms with van der Waals surface area (Å²) in [4.78, 5) is 11.5. The summed E-state index contributed by atoms with van der Waals surface area (Å²) in [6.07, 6.45) is -3.88. The quantitative estimate of drug-likeness (QED) is 0.581. The molecule has 0 N–H and O–H groups in total. The molecule has 0 bridgehead atoms. The number of ether oxygens (including phenoxy) is 1. The maximum Gasteiger partial charge on any atom is 0.450 e. The Morgan fingerprint density at radius 3 is 2.53 bits per heavy atom. The van der Waals surface area contributed by atoms with Crippen LogP contribution in [0.2, 0.25) is 0 Å². The Hall–Kier alpha value is -0.500. The Morgan fingerprint density at radius 1 is 1.53 bits per heavy atom. The summed E-state index contributed by atoms with van der Waals surface area (Å²) in [6, 6.07) is 0. The summed E-state index contributed by atoms with van der Waals surface area (Å²) >= 11 is 6.03. The predicted octanol–water partition coefficient (Wildman–Crippen LogP) is 4.26. The lowest BCUT2D eigenvalue weighted by Gasteiger charge is -2.08. The van der Waals surface area contributed by atoms with Gasteiger partial charge in [-0.15, -0.1) is 0 Å². The Labute approximate surface area is 112 Å². The number of alkyl halides is 5. The fourth-order valence-electron chi connectivity index (χ4n) is 1.15. The lowest BCUT2D eigenvalue weighted by atomic mass is 10.1. The minimum atomic E-state index is -4.74. The van der Waals surface area contributed by atoms with Crippen molar-refractivity contribution in [3.63, 3.8) is 0 Å². The van der Waals surface area contributed by atoms with Crippen molar-refractivity contribution in [3.05, 3.63) is 23.2 Å². The molecule has 0 radical (unpaired) electrons. The normalized spacial score (nSPS) is 11.9. The minimum Gasteiger partial charge on any atom is -0.462 e. The highest BCUT2D eigenvalue weighted by molar-refractivity contribution is 9.24. The molecule has 0 spiro atoms. The van der Waals surface area contributed by atoms with Crippen LogP contribution >= 0.6 is 31.9 Å². The number of furan rings is 1. The molecule has 8 heteroatoms. The summed E-state index contributed by atoms with van der Waals surface area (Å²) in [5.41, 5.74) is -0.575. The molecular formula is C9H7Br2F3O3. The largest absolute Gasteiger partial charge is 0.462 e. The predicted molar refractivity (Wildman–Crippen MR) is 60.3 cm³/mol. The van der Waals surface area contributed by atoms with E-state index in [4.69, 9.17) is 0 Å². The van der Waals surface area contributed by atoms with Crippen LogP contribution in [0.1, 0.15) is 32.3 Å². The van der Waals surface area contributed by atoms with E-state index in [0.717, 1.165) is 6.26 Å². The smallest absolute Gasteiger partial charge is 0.450 e. The van der Waals surface area contributed by atoms with Crippen molar-refractivity contribution in [2.45, 2.75) is 16.8 Å². The fourth-order valence-corrected chi connectivity index (χ4v) is 1.83. The van der Waals surface area contributed by atoms with Gasteiger partial charge in [-0.25, -0.2) is 4.79 Å². The summed E-state index contributed by atoms with van der Waals surface area (Å²) in [6.45, 7) is 1.49. The molecule has 17 heavy (non-hydrogen) atoms. The SMILES string of the molecule is CCOC(=O)c1c(C(Br)Br)coc1C(F)(F)F. The zero-order valence-corrected chi connectivity index (χ0v) is 11.6. The van der Waals surface area contributed by atoms with Gasteiger partial charge in [-0.05, 0) is 6.92 Å². The Kier molecular flexibility index (Phi) is 4.65. The van der Waals surface area contributed by atoms with E-state index in [2.05, 4.69) is 41.0 Å². The van der Waals surface area contributed by atoms with E-state index < -0.39 is 27.2 Å². The molecule has 0 atom stereocenters. The van der Waals surface area contributed by atoms with Gasteiger partial charge in [-0.1, -0.05) is 31.9 Å². The molecule has 0 amide bonds. The average molecular weight is 380 g/mol. The number of esters is 1. The van der Waals surface area contributed by atoms with Crippen LogP contribution in [0.4, 0.5) is 13.2 Å². The number of hydrogen-bond donors (Lipinski definition) is 0. The highest BCUT2D eigenvalue weighted by Crippen LogP contribution is 2.40. The second-order valence-corrected chi connectivity index (χ2v) is 5.97. The van der Waals surface area contributed by atoms with Crippen molar-refractivity contribution in [2.75, 3.05) is 6.61 Å². The lowest BCUT2D eigenvalue weighted by molar-refractivity contribution is -0.153. The molecule has 1 rings (SSSR count). The van der Waals surface area contributed by atoms with Crippen molar-refractivity contribution in [1.29, 1.82) is 0 Å². The monoisotopic (exact) mass is 378 g/mol. The van der Waals surface area contributed by atoms with Crippen molar-refractivity contribution >= 4 is 37.8 Å². The van der Waals surface area contributed by atoms with E-state index in [0.29, 0.717) is 0 Å². The van der Waals surface area contributed by atoms with Crippen LogP contribution in [0.5, 0.6) is 0 Å². The highest BCUT2D eigenvalue weighted by Gasteiger charge is 2.42. The van der Waals surface area contributed by atoms with Gasteiger partial charge < -0.3 is 9.15 Å². The summed E-state index contributed by atoms with van der Waals surface area (Å²) < 4.78 is 46.1. The number of carbonyl (C=O) groups is 1. The van der Waals surface area contributed by atoms with Crippen LogP contribution < -0.4 is 0 Å². The molecule has 0 unspecified atom stereocenters. The molecule has 3 nitrogen and oxygen atoms in total. The van der Waals surface area contributed by atoms with Crippen LogP contribution in [0, 0.1) is 0 Å². The molecule has 1 aromatic heterocycles. The van der Waals surface area contributed by atoms with E-state index in [1.807, 2.05) is 0 Å². The van der Waals surface area contributed by atoms with E-state index in [-0.39, 0.29) is 12.2 Å². The van der Waals surface area contributed by atoms with Crippen LogP contribution in [-0.4, -0.2) is 12.6 Å². The van der Waals surface area contributed by atoms with E-state index in [9.17, 15) is 18.0 Å². The molecular weight excluding hydrogens is 373 g/mol. The van der Waals surface area contributed by atoms with Crippen LogP contribution in [0.15, 0.2) is 10.7 Å². The molecule has 0 saturated carbocycles. The van der Waals surface area contributed by atoms with Crippen molar-refractivity contribution in [1.82, 2.24) is 0 Å². The molecule has 96 valence electrons. The highest BCUT2D eigenvalue weighted by atomic mass is 79.9. The molecule has 0 aliphatic heterocycles. The number of halogens is 5. The van der Waals surface area contributed by atoms with Gasteiger partial charge >= 0.3 is 12.1 Å². The van der Waals surface area contributed by atoms with Crippen LogP contribution in [0.3, 0.4) is 0 Å². The topological polar surface area (TPSA) is 39.4 Å². The number of rotatable bonds is 3. The first kappa shape index (κ1) is 14.6. The van der Waals surface area contributed by atoms with E-state index >= 15 is 0 Å². The Bertz CT molecular complexity index is 412. The molecule has 0 aromatic carbocycles. The molecule has 0 aliphatic carbocycles. The first-order valence-electron chi connectivity index (χ1n) is 4.42. The third kappa shape index (κ3) is 3.25. The number of hydrogen-bond acceptors (Lipinski definition) is 3. The van der Waals surface area contributed by atoms with Gasteiger partial charge in [0.15, 0.2) is 0 Å². The first-order chi connectivity index (χ1) is 7.79. The zero-order valence-electron chi connectivity index (χ0n) is 8.48. The Morgan fingerprint density at radius 2 is 2.12 bits per heavy atom. The van der Waals surface area contributed by atoms with Gasteiger partial charge in [0, 0.05) is 5.56 Å². The summed E-state index contributed by atoms with van der Waals surface area (Å²) in [5.74, 6) is -2.41. The van der Waals surface area contributed by atoms with Gasteiger partial charge in [0.25, 0.3) is 0 Å². The van der Waals surface area contributed by atoms with Crippen LogP contribution in [-0.2, 0) is 10.9 Å². The van der Waals surface area contributed by atoms with Gasteiger partial charge in [0.1, 0.15) is 5.56 Å². The maximum atomic E-state index is 12.6. The third-order valence-electron chi connectivity index (χ3n) is 1.79. The second-order valence-electron chi connectivity index (χ2n) is 2.91. The molecule has 0 saturated heterocycles. The molecule has 0 fully saturated rings. The summed E-state index contributed by atoms with van der Waals surface area (Å²) in [7, 11) is 0. The maximum absolute atomic E-state index is 12.6. The van der Waals surface area contributed by atoms with Gasteiger partial charge in [-0.2, -0.15) is 13.2 Å². The van der Waals surface area contributed by atoms with Gasteiger partial charge in [-0.3, -0.25) is 0 Å². The van der Waals surface area contributed by atoms with E-state index in [1.54, 1.807) is 0 Å². The van der Waals surface area contributed by atoms with Crippen LogP contribution in [0.25, 0.3) is 0 Å². The van der Waals surface area contributed by atoms with Crippen molar-refractivity contribution < 1.29 is 27.1 Å². The standard InChI is InChI=1S/C9H7Br2F3O3/c1-2-16-8(15)5-4(7(10)11)3-17-6(5)9(12,13)14/h3,7H,2H2,1H3. The molecule has 1 aromatic rings. The zero-order chi connectivity index (χ0) is 13.2. The Balaban J connectivity index is 3.30. The minimum absolute atomic E-state index is 0.0179. The van der Waals surface area contributed by atoms with Gasteiger partial charge in [0.2, 0.25) is 5.76 Å². The van der Waals surface area contributed by atoms with Crippen molar-refractivity contribution in [3.8, 4) is 0 Å². The third-order valence-corrected chi connectivity index (χ3v) is 2.78. The van der Waals surface area contributed by atoms with E-state index in [1.165, 1.54) is 6.92 Å². The molecule has 0 aliphatic rings. The molecule has 1 heterocycles. The van der Waals surface area contributed by atoms with Crippen molar-refractivity contribution in [2.24, 2.45) is 0 Å². The average Bonchev–Trinajstić information content (AvgIpc) is 2.60. The fraction of sp³-hybridized carbons (Fsp3) is 0.444. The second kappa shape index (κ2) is 5.43. The first-order valence-corrected chi connectivity index (χ1v) is 6.26. The van der Waals surface area contributed by atoms with Gasteiger partial charge in [0.05, 0.1) is 16.6 Å². The number of carbonyl (C=O) groups excluding carboxylic acids is 1. The lowest BCUT2D eigenvalue weighted by Crippen LogP contribution is -2.14.